The van der Waals surface area contributed by atoms with Crippen LogP contribution in [0.2, 0.25) is 0 Å². The molecule has 0 bridgehead atoms. The van der Waals surface area contributed by atoms with Crippen molar-refractivity contribution in [3.8, 4) is 33.6 Å². The maximum absolute atomic E-state index is 5.42. The van der Waals surface area contributed by atoms with Crippen molar-refractivity contribution in [3.63, 3.8) is 0 Å². The Balaban J connectivity index is 1.23. The van der Waals surface area contributed by atoms with Gasteiger partial charge >= 0.3 is 0 Å². The summed E-state index contributed by atoms with van der Waals surface area (Å²) in [5, 5.41) is 9.66. The van der Waals surface area contributed by atoms with Crippen LogP contribution in [-0.2, 0) is 0 Å². The number of para-hydroxylation sites is 2. The molecule has 11 rings (SSSR count). The van der Waals surface area contributed by atoms with Crippen LogP contribution in [0.3, 0.4) is 0 Å². The fourth-order valence-corrected chi connectivity index (χ4v) is 8.20. The summed E-state index contributed by atoms with van der Waals surface area (Å²) in [4.78, 5) is 13.2. The SMILES string of the molecule is c1ccc2cc(-c3nc4ccccc4nc3-c3cc(N4c5ccc6ccccc6c5-c5cccc6cccc4c56)cc4ccccc34)ccc2c1. The topological polar surface area (TPSA) is 29.0 Å². The van der Waals surface area contributed by atoms with E-state index in [1.165, 1.54) is 54.8 Å². The van der Waals surface area contributed by atoms with Gasteiger partial charge in [0.25, 0.3) is 0 Å². The van der Waals surface area contributed by atoms with Crippen molar-refractivity contribution in [2.24, 2.45) is 0 Å². The molecule has 1 aromatic heterocycles. The summed E-state index contributed by atoms with van der Waals surface area (Å²) in [7, 11) is 0. The lowest BCUT2D eigenvalue weighted by atomic mass is 9.87. The molecule has 51 heavy (non-hydrogen) atoms. The average Bonchev–Trinajstić information content (AvgIpc) is 3.20. The predicted octanol–water partition coefficient (Wildman–Crippen LogP) is 13.0. The van der Waals surface area contributed by atoms with Gasteiger partial charge in [0.05, 0.1) is 33.8 Å². The zero-order valence-corrected chi connectivity index (χ0v) is 27.6. The van der Waals surface area contributed by atoms with Crippen LogP contribution in [0, 0.1) is 0 Å². The second kappa shape index (κ2) is 10.8. The van der Waals surface area contributed by atoms with Crippen LogP contribution in [0.5, 0.6) is 0 Å². The molecule has 0 spiro atoms. The number of benzene rings is 9. The normalized spacial score (nSPS) is 12.3. The molecule has 10 aromatic rings. The first kappa shape index (κ1) is 28.0. The van der Waals surface area contributed by atoms with Crippen LogP contribution in [0.15, 0.2) is 176 Å². The van der Waals surface area contributed by atoms with Gasteiger partial charge in [0, 0.05) is 27.8 Å². The van der Waals surface area contributed by atoms with E-state index < -0.39 is 0 Å². The summed E-state index contributed by atoms with van der Waals surface area (Å²) in [6.45, 7) is 0. The number of hydrogen-bond acceptors (Lipinski definition) is 3. The van der Waals surface area contributed by atoms with Crippen molar-refractivity contribution < 1.29 is 0 Å². The Hall–Kier alpha value is -6.84. The van der Waals surface area contributed by atoms with Crippen LogP contribution >= 0.6 is 0 Å². The maximum Gasteiger partial charge on any atom is 0.0980 e. The monoisotopic (exact) mass is 647 g/mol. The molecule has 9 aromatic carbocycles. The Morgan fingerprint density at radius 2 is 1.02 bits per heavy atom. The highest BCUT2D eigenvalue weighted by Crippen LogP contribution is 2.54. The lowest BCUT2D eigenvalue weighted by Gasteiger charge is -2.34. The molecule has 0 saturated carbocycles. The molecule has 0 saturated heterocycles. The minimum Gasteiger partial charge on any atom is -0.309 e. The van der Waals surface area contributed by atoms with Crippen molar-refractivity contribution in [3.05, 3.63) is 176 Å². The molecule has 0 amide bonds. The van der Waals surface area contributed by atoms with E-state index in [2.05, 4.69) is 169 Å². The fraction of sp³-hybridized carbons (Fsp3) is 0. The summed E-state index contributed by atoms with van der Waals surface area (Å²) in [6.07, 6.45) is 0. The summed E-state index contributed by atoms with van der Waals surface area (Å²) in [5.74, 6) is 0. The summed E-state index contributed by atoms with van der Waals surface area (Å²) < 4.78 is 0. The van der Waals surface area contributed by atoms with E-state index in [1.807, 2.05) is 12.1 Å². The third-order valence-corrected chi connectivity index (χ3v) is 10.5. The molecule has 3 nitrogen and oxygen atoms in total. The van der Waals surface area contributed by atoms with Gasteiger partial charge in [-0.25, -0.2) is 9.97 Å². The van der Waals surface area contributed by atoms with Gasteiger partial charge in [0.1, 0.15) is 0 Å². The zero-order valence-electron chi connectivity index (χ0n) is 27.6. The third-order valence-electron chi connectivity index (χ3n) is 10.5. The van der Waals surface area contributed by atoms with Gasteiger partial charge in [-0.15, -0.1) is 0 Å². The van der Waals surface area contributed by atoms with Crippen LogP contribution < -0.4 is 4.90 Å². The number of anilines is 3. The Morgan fingerprint density at radius 1 is 0.373 bits per heavy atom. The van der Waals surface area contributed by atoms with E-state index >= 15 is 0 Å². The predicted molar refractivity (Wildman–Crippen MR) is 214 cm³/mol. The molecule has 2 heterocycles. The number of rotatable bonds is 3. The molecule has 3 heteroatoms. The standard InChI is InChI=1S/C48H29N3/c1-2-13-33-27-35(24-23-30(33)11-1)47-48(50-42-21-8-7-20-41(42)49-47)40-29-36(28-34-14-4-5-17-37(34)40)51-43-22-10-16-32-15-9-19-39(45(32)43)46-38-18-6-3-12-31(38)25-26-44(46)51/h1-29H. The van der Waals surface area contributed by atoms with Crippen molar-refractivity contribution in [1.82, 2.24) is 9.97 Å². The van der Waals surface area contributed by atoms with Gasteiger partial charge in [0.15, 0.2) is 0 Å². The first-order valence-corrected chi connectivity index (χ1v) is 17.4. The Labute approximate surface area is 294 Å². The molecule has 0 radical (unpaired) electrons. The molecule has 0 atom stereocenters. The van der Waals surface area contributed by atoms with Crippen LogP contribution in [-0.4, -0.2) is 9.97 Å². The van der Waals surface area contributed by atoms with Gasteiger partial charge < -0.3 is 4.90 Å². The Bertz CT molecular complexity index is 3050. The average molecular weight is 648 g/mol. The summed E-state index contributed by atoms with van der Waals surface area (Å²) in [6, 6.07) is 63.3. The van der Waals surface area contributed by atoms with E-state index in [1.54, 1.807) is 0 Å². The van der Waals surface area contributed by atoms with Crippen molar-refractivity contribution in [1.29, 1.82) is 0 Å². The van der Waals surface area contributed by atoms with Gasteiger partial charge in [0.2, 0.25) is 0 Å². The van der Waals surface area contributed by atoms with E-state index in [-0.39, 0.29) is 0 Å². The Kier molecular flexibility index (Phi) is 5.96. The number of fused-ring (bicyclic) bond motifs is 7. The van der Waals surface area contributed by atoms with Gasteiger partial charge in [-0.05, 0) is 85.7 Å². The molecule has 0 unspecified atom stereocenters. The second-order valence-electron chi connectivity index (χ2n) is 13.4. The lowest BCUT2D eigenvalue weighted by molar-refractivity contribution is 1.28. The molecular formula is C48H29N3. The molecule has 0 fully saturated rings. The van der Waals surface area contributed by atoms with E-state index in [0.29, 0.717) is 0 Å². The quantitative estimate of drug-likeness (QED) is 0.191. The van der Waals surface area contributed by atoms with E-state index in [9.17, 15) is 0 Å². The molecule has 0 N–H and O–H groups in total. The third kappa shape index (κ3) is 4.25. The highest BCUT2D eigenvalue weighted by molar-refractivity contribution is 6.20. The van der Waals surface area contributed by atoms with E-state index in [0.717, 1.165) is 50.0 Å². The smallest absolute Gasteiger partial charge is 0.0980 e. The van der Waals surface area contributed by atoms with Gasteiger partial charge in [-0.3, -0.25) is 0 Å². The highest BCUT2D eigenvalue weighted by atomic mass is 15.2. The molecule has 236 valence electrons. The molecule has 1 aliphatic heterocycles. The first-order valence-electron chi connectivity index (χ1n) is 17.4. The lowest BCUT2D eigenvalue weighted by Crippen LogP contribution is -2.15. The first-order chi connectivity index (χ1) is 25.3. The Morgan fingerprint density at radius 3 is 1.86 bits per heavy atom. The number of nitrogens with zero attached hydrogens (tertiary/aromatic N) is 3. The summed E-state index contributed by atoms with van der Waals surface area (Å²) in [5.41, 5.74) is 11.6. The van der Waals surface area contributed by atoms with Crippen molar-refractivity contribution in [2.75, 3.05) is 4.90 Å². The molecule has 1 aliphatic rings. The van der Waals surface area contributed by atoms with Gasteiger partial charge in [-0.1, -0.05) is 133 Å². The van der Waals surface area contributed by atoms with Crippen LogP contribution in [0.1, 0.15) is 0 Å². The highest BCUT2D eigenvalue weighted by Gasteiger charge is 2.28. The minimum atomic E-state index is 0.872. The summed E-state index contributed by atoms with van der Waals surface area (Å²) >= 11 is 0. The zero-order chi connectivity index (χ0) is 33.5. The van der Waals surface area contributed by atoms with Crippen molar-refractivity contribution >= 4 is 71.2 Å². The minimum absolute atomic E-state index is 0.872. The second-order valence-corrected chi connectivity index (χ2v) is 13.4. The number of hydrogen-bond donors (Lipinski definition) is 0. The fourth-order valence-electron chi connectivity index (χ4n) is 8.20. The van der Waals surface area contributed by atoms with Gasteiger partial charge in [-0.2, -0.15) is 0 Å². The largest absolute Gasteiger partial charge is 0.309 e. The van der Waals surface area contributed by atoms with Crippen molar-refractivity contribution in [2.45, 2.75) is 0 Å². The van der Waals surface area contributed by atoms with E-state index in [4.69, 9.17) is 9.97 Å². The number of aromatic nitrogens is 2. The molecular weight excluding hydrogens is 619 g/mol. The van der Waals surface area contributed by atoms with Crippen LogP contribution in [0.25, 0.3) is 87.8 Å². The molecule has 0 aliphatic carbocycles. The van der Waals surface area contributed by atoms with Crippen LogP contribution in [0.4, 0.5) is 17.1 Å². The maximum atomic E-state index is 5.42.